The van der Waals surface area contributed by atoms with Gasteiger partial charge in [0.2, 0.25) is 0 Å². The van der Waals surface area contributed by atoms with Crippen molar-refractivity contribution in [2.45, 2.75) is 19.3 Å². The Morgan fingerprint density at radius 3 is 1.91 bits per heavy atom. The fraction of sp³-hybridized carbons (Fsp3) is 0.0588. The van der Waals surface area contributed by atoms with E-state index in [1.54, 1.807) is 12.4 Å². The molecule has 0 saturated carbocycles. The zero-order valence-electron chi connectivity index (χ0n) is 31.1. The maximum atomic E-state index is 4.52. The van der Waals surface area contributed by atoms with Crippen molar-refractivity contribution in [1.82, 2.24) is 19.1 Å². The second-order valence-electron chi connectivity index (χ2n) is 15.2. The van der Waals surface area contributed by atoms with Crippen LogP contribution in [-0.4, -0.2) is 19.1 Å². The monoisotopic (exact) mass is 719 g/mol. The summed E-state index contributed by atoms with van der Waals surface area (Å²) in [6, 6.07) is 61.5. The lowest BCUT2D eigenvalue weighted by Crippen LogP contribution is -2.16. The van der Waals surface area contributed by atoms with Crippen molar-refractivity contribution in [3.63, 3.8) is 0 Å². The van der Waals surface area contributed by atoms with E-state index in [0.717, 1.165) is 39.5 Å². The SMILES string of the molecule is CC1(C)c2ccccc2-c2ccc(N(c3ccc(-c4ncccn4)cc3)c3ccc4c(c3)c3cc5ccn(-c6ccccc6)c5cc3n4-c3ccccc3)cc21. The van der Waals surface area contributed by atoms with Crippen molar-refractivity contribution in [3.05, 3.63) is 200 Å². The summed E-state index contributed by atoms with van der Waals surface area (Å²) < 4.78 is 4.69. The number of para-hydroxylation sites is 2. The molecule has 10 aromatic rings. The Balaban J connectivity index is 1.13. The molecule has 1 aliphatic carbocycles. The summed E-state index contributed by atoms with van der Waals surface area (Å²) in [6.07, 6.45) is 5.76. The van der Waals surface area contributed by atoms with Crippen molar-refractivity contribution in [3.8, 4) is 33.9 Å². The first-order chi connectivity index (χ1) is 27.5. The highest BCUT2D eigenvalue weighted by Gasteiger charge is 2.35. The van der Waals surface area contributed by atoms with Crippen molar-refractivity contribution in [1.29, 1.82) is 0 Å². The molecule has 0 spiro atoms. The summed E-state index contributed by atoms with van der Waals surface area (Å²) in [5.74, 6) is 0.713. The number of anilines is 3. The minimum absolute atomic E-state index is 0.128. The van der Waals surface area contributed by atoms with Crippen LogP contribution >= 0.6 is 0 Å². The zero-order valence-corrected chi connectivity index (χ0v) is 31.1. The number of aromatic nitrogens is 4. The van der Waals surface area contributed by atoms with Crippen LogP contribution in [0.4, 0.5) is 17.1 Å². The van der Waals surface area contributed by atoms with Crippen LogP contribution in [-0.2, 0) is 5.41 Å². The van der Waals surface area contributed by atoms with Gasteiger partial charge in [0.1, 0.15) is 0 Å². The first kappa shape index (κ1) is 32.2. The zero-order chi connectivity index (χ0) is 37.4. The average molecular weight is 720 g/mol. The van der Waals surface area contributed by atoms with Crippen LogP contribution in [0.1, 0.15) is 25.0 Å². The molecule has 0 bridgehead atoms. The lowest BCUT2D eigenvalue weighted by molar-refractivity contribution is 0.660. The standard InChI is InChI=1S/C51H37N5/c1-51(2)45-17-10-9-16-41(45)42-24-22-40(32-46(42)51)55(38-20-18-34(19-21-38)50-52-27-11-28-53-50)39-23-25-47-44(31-39)43-30-35-26-29-54(36-12-5-3-6-13-36)48(35)33-49(43)56(47)37-14-7-4-8-15-37/h3-33H,1-2H3. The molecule has 0 amide bonds. The lowest BCUT2D eigenvalue weighted by atomic mass is 9.82. The molecule has 56 heavy (non-hydrogen) atoms. The molecule has 5 nitrogen and oxygen atoms in total. The molecule has 7 aromatic carbocycles. The summed E-state index contributed by atoms with van der Waals surface area (Å²) in [6.45, 7) is 4.69. The van der Waals surface area contributed by atoms with E-state index >= 15 is 0 Å². The summed E-state index contributed by atoms with van der Waals surface area (Å²) in [5.41, 5.74) is 15.2. The molecule has 0 saturated heterocycles. The highest BCUT2D eigenvalue weighted by Crippen LogP contribution is 2.51. The molecule has 0 unspecified atom stereocenters. The first-order valence-corrected chi connectivity index (χ1v) is 19.2. The first-order valence-electron chi connectivity index (χ1n) is 19.2. The van der Waals surface area contributed by atoms with Gasteiger partial charge in [0.25, 0.3) is 0 Å². The Morgan fingerprint density at radius 1 is 0.482 bits per heavy atom. The maximum absolute atomic E-state index is 4.52. The smallest absolute Gasteiger partial charge is 0.159 e. The summed E-state index contributed by atoms with van der Waals surface area (Å²) in [7, 11) is 0. The number of hydrogen-bond donors (Lipinski definition) is 0. The third-order valence-corrected chi connectivity index (χ3v) is 11.6. The molecule has 5 heteroatoms. The predicted molar refractivity (Wildman–Crippen MR) is 231 cm³/mol. The minimum atomic E-state index is -0.128. The number of rotatable bonds is 6. The van der Waals surface area contributed by atoms with Crippen LogP contribution in [0.15, 0.2) is 188 Å². The lowest BCUT2D eigenvalue weighted by Gasteiger charge is -2.28. The predicted octanol–water partition coefficient (Wildman–Crippen LogP) is 13.0. The van der Waals surface area contributed by atoms with Gasteiger partial charge in [-0.3, -0.25) is 0 Å². The number of nitrogens with zero attached hydrogens (tertiary/aromatic N) is 5. The molecule has 3 heterocycles. The van der Waals surface area contributed by atoms with Gasteiger partial charge in [-0.15, -0.1) is 0 Å². The molecular weight excluding hydrogens is 683 g/mol. The van der Waals surface area contributed by atoms with Gasteiger partial charge in [0, 0.05) is 74.2 Å². The van der Waals surface area contributed by atoms with Gasteiger partial charge in [-0.25, -0.2) is 9.97 Å². The summed E-state index contributed by atoms with van der Waals surface area (Å²) in [5, 5.41) is 3.62. The molecule has 11 rings (SSSR count). The normalized spacial score (nSPS) is 13.0. The van der Waals surface area contributed by atoms with Crippen LogP contribution in [0.2, 0.25) is 0 Å². The van der Waals surface area contributed by atoms with Gasteiger partial charge in [-0.1, -0.05) is 80.6 Å². The van der Waals surface area contributed by atoms with Crippen molar-refractivity contribution >= 4 is 49.8 Å². The van der Waals surface area contributed by atoms with Gasteiger partial charge in [-0.2, -0.15) is 0 Å². The second-order valence-corrected chi connectivity index (χ2v) is 15.2. The van der Waals surface area contributed by atoms with Crippen molar-refractivity contribution < 1.29 is 0 Å². The fourth-order valence-corrected chi connectivity index (χ4v) is 8.93. The van der Waals surface area contributed by atoms with E-state index in [-0.39, 0.29) is 5.41 Å². The van der Waals surface area contributed by atoms with Crippen LogP contribution in [0.3, 0.4) is 0 Å². The van der Waals surface area contributed by atoms with Crippen LogP contribution in [0.5, 0.6) is 0 Å². The Bertz CT molecular complexity index is 3090. The van der Waals surface area contributed by atoms with Gasteiger partial charge < -0.3 is 14.0 Å². The molecule has 0 aliphatic heterocycles. The third kappa shape index (κ3) is 4.94. The fourth-order valence-electron chi connectivity index (χ4n) is 8.93. The van der Waals surface area contributed by atoms with E-state index in [4.69, 9.17) is 0 Å². The molecule has 0 N–H and O–H groups in total. The number of hydrogen-bond acceptors (Lipinski definition) is 3. The van der Waals surface area contributed by atoms with Gasteiger partial charge in [0.15, 0.2) is 5.82 Å². The Morgan fingerprint density at radius 2 is 1.12 bits per heavy atom. The molecule has 266 valence electrons. The van der Waals surface area contributed by atoms with E-state index in [9.17, 15) is 0 Å². The number of benzene rings is 7. The third-order valence-electron chi connectivity index (χ3n) is 11.6. The summed E-state index contributed by atoms with van der Waals surface area (Å²) >= 11 is 0. The molecular formula is C51H37N5. The second kappa shape index (κ2) is 12.4. The quantitative estimate of drug-likeness (QED) is 0.172. The van der Waals surface area contributed by atoms with E-state index in [1.807, 2.05) is 6.07 Å². The maximum Gasteiger partial charge on any atom is 0.159 e. The minimum Gasteiger partial charge on any atom is -0.316 e. The summed E-state index contributed by atoms with van der Waals surface area (Å²) in [4.78, 5) is 11.4. The Kier molecular flexibility index (Phi) is 7.13. The molecule has 0 fully saturated rings. The van der Waals surface area contributed by atoms with E-state index in [2.05, 4.69) is 208 Å². The largest absolute Gasteiger partial charge is 0.316 e. The van der Waals surface area contributed by atoms with E-state index < -0.39 is 0 Å². The molecule has 1 aliphatic rings. The number of fused-ring (bicyclic) bond motifs is 7. The highest BCUT2D eigenvalue weighted by atomic mass is 15.1. The van der Waals surface area contributed by atoms with E-state index in [1.165, 1.54) is 49.4 Å². The van der Waals surface area contributed by atoms with Gasteiger partial charge in [0.05, 0.1) is 16.6 Å². The van der Waals surface area contributed by atoms with Crippen molar-refractivity contribution in [2.75, 3.05) is 4.90 Å². The van der Waals surface area contributed by atoms with Gasteiger partial charge in [-0.05, 0) is 125 Å². The Hall–Kier alpha value is -7.24. The van der Waals surface area contributed by atoms with Crippen LogP contribution in [0.25, 0.3) is 66.6 Å². The average Bonchev–Trinajstić information content (AvgIpc) is 3.89. The molecule has 0 radical (unpaired) electrons. The van der Waals surface area contributed by atoms with E-state index in [0.29, 0.717) is 5.82 Å². The Labute approximate surface area is 325 Å². The van der Waals surface area contributed by atoms with Crippen LogP contribution in [0, 0.1) is 0 Å². The molecule has 3 aromatic heterocycles. The highest BCUT2D eigenvalue weighted by molar-refractivity contribution is 6.14. The molecule has 0 atom stereocenters. The van der Waals surface area contributed by atoms with Gasteiger partial charge >= 0.3 is 0 Å². The van der Waals surface area contributed by atoms with Crippen LogP contribution < -0.4 is 4.90 Å². The topological polar surface area (TPSA) is 38.9 Å². The van der Waals surface area contributed by atoms with Crippen molar-refractivity contribution in [2.24, 2.45) is 0 Å².